The van der Waals surface area contributed by atoms with Gasteiger partial charge in [-0.05, 0) is 51.7 Å². The summed E-state index contributed by atoms with van der Waals surface area (Å²) >= 11 is 1.38. The zero-order valence-corrected chi connectivity index (χ0v) is 19.3. The molecule has 0 saturated carbocycles. The molecule has 3 atom stereocenters. The van der Waals surface area contributed by atoms with Gasteiger partial charge in [-0.25, -0.2) is 0 Å². The van der Waals surface area contributed by atoms with Crippen molar-refractivity contribution in [1.82, 2.24) is 9.80 Å². The van der Waals surface area contributed by atoms with E-state index >= 15 is 0 Å². The molecule has 2 fully saturated rings. The van der Waals surface area contributed by atoms with E-state index in [0.29, 0.717) is 11.5 Å². The van der Waals surface area contributed by atoms with E-state index in [4.69, 9.17) is 9.47 Å². The van der Waals surface area contributed by atoms with Crippen molar-refractivity contribution in [2.45, 2.75) is 56.0 Å². The van der Waals surface area contributed by atoms with E-state index in [1.807, 2.05) is 29.2 Å². The van der Waals surface area contributed by atoms with E-state index in [0.717, 1.165) is 50.5 Å². The number of esters is 1. The number of ether oxygens (including phenoxy) is 2. The van der Waals surface area contributed by atoms with Crippen LogP contribution in [-0.4, -0.2) is 79.0 Å². The number of hydrogen-bond donors (Lipinski definition) is 0. The Morgan fingerprint density at radius 2 is 1.80 bits per heavy atom. The normalized spacial score (nSPS) is 24.5. The van der Waals surface area contributed by atoms with Crippen LogP contribution in [0.25, 0.3) is 0 Å². The molecule has 6 nitrogen and oxygen atoms in total. The Hall–Kier alpha value is -1.57. The maximum Gasteiger partial charge on any atom is 0.318 e. The van der Waals surface area contributed by atoms with E-state index < -0.39 is 0 Å². The number of nitrogens with zero attached hydrogens (tertiary/aromatic N) is 2. The Bertz CT molecular complexity index is 726. The molecular formula is C23H34N2O4S. The van der Waals surface area contributed by atoms with Crippen molar-refractivity contribution < 1.29 is 19.1 Å². The number of rotatable bonds is 6. The minimum absolute atomic E-state index is 0.0576. The van der Waals surface area contributed by atoms with Gasteiger partial charge in [-0.2, -0.15) is 0 Å². The highest BCUT2D eigenvalue weighted by Gasteiger charge is 2.29. The standard InChI is InChI=1S/C23H34N2O4S/c1-16-13-24(14-17(2)29-16)15-19-9-11-25(12-10-19)22(26)20-7-5-6-8-21(20)30-18(3)23(27)28-4/h5-8,16-19H,9-15H2,1-4H3. The van der Waals surface area contributed by atoms with Gasteiger partial charge in [0.05, 0.1) is 24.9 Å². The lowest BCUT2D eigenvalue weighted by atomic mass is 9.95. The molecule has 0 radical (unpaired) electrons. The molecule has 0 spiro atoms. The molecule has 1 aromatic rings. The van der Waals surface area contributed by atoms with Crippen LogP contribution < -0.4 is 0 Å². The highest BCUT2D eigenvalue weighted by atomic mass is 32.2. The lowest BCUT2D eigenvalue weighted by molar-refractivity contribution is -0.139. The first-order valence-electron chi connectivity index (χ1n) is 10.9. The molecule has 2 heterocycles. The average molecular weight is 435 g/mol. The summed E-state index contributed by atoms with van der Waals surface area (Å²) in [5, 5.41) is -0.354. The van der Waals surface area contributed by atoms with Gasteiger partial charge in [0.1, 0.15) is 5.25 Å². The van der Waals surface area contributed by atoms with Gasteiger partial charge in [-0.3, -0.25) is 14.5 Å². The Balaban J connectivity index is 1.56. The number of carbonyl (C=O) groups is 2. The molecule has 0 aromatic heterocycles. The quantitative estimate of drug-likeness (QED) is 0.506. The van der Waals surface area contributed by atoms with Crippen LogP contribution in [0.2, 0.25) is 0 Å². The fraction of sp³-hybridized carbons (Fsp3) is 0.652. The topological polar surface area (TPSA) is 59.1 Å². The van der Waals surface area contributed by atoms with Crippen LogP contribution in [0.5, 0.6) is 0 Å². The molecule has 2 saturated heterocycles. The van der Waals surface area contributed by atoms with Crippen molar-refractivity contribution >= 4 is 23.6 Å². The molecule has 3 unspecified atom stereocenters. The maximum absolute atomic E-state index is 13.2. The van der Waals surface area contributed by atoms with Crippen LogP contribution in [0.1, 0.15) is 44.0 Å². The summed E-state index contributed by atoms with van der Waals surface area (Å²) in [6.07, 6.45) is 2.63. The first-order chi connectivity index (χ1) is 14.4. The highest BCUT2D eigenvalue weighted by molar-refractivity contribution is 8.00. The zero-order valence-electron chi connectivity index (χ0n) is 18.5. The van der Waals surface area contributed by atoms with Crippen molar-refractivity contribution in [2.24, 2.45) is 5.92 Å². The van der Waals surface area contributed by atoms with Crippen molar-refractivity contribution in [3.05, 3.63) is 29.8 Å². The maximum atomic E-state index is 13.2. The molecule has 3 rings (SSSR count). The van der Waals surface area contributed by atoms with Crippen LogP contribution in [0, 0.1) is 5.92 Å². The number of carbonyl (C=O) groups excluding carboxylic acids is 2. The summed E-state index contributed by atoms with van der Waals surface area (Å²) < 4.78 is 10.7. The van der Waals surface area contributed by atoms with Gasteiger partial charge in [0.15, 0.2) is 0 Å². The molecule has 1 aromatic carbocycles. The molecule has 0 bridgehead atoms. The third-order valence-corrected chi connectivity index (χ3v) is 7.02. The molecule has 2 aliphatic rings. The number of benzene rings is 1. The monoisotopic (exact) mass is 434 g/mol. The van der Waals surface area contributed by atoms with Gasteiger partial charge >= 0.3 is 5.97 Å². The SMILES string of the molecule is COC(=O)C(C)Sc1ccccc1C(=O)N1CCC(CN2CC(C)OC(C)C2)CC1. The first kappa shape index (κ1) is 23.1. The fourth-order valence-corrected chi connectivity index (χ4v) is 5.45. The molecule has 2 aliphatic heterocycles. The predicted octanol–water partition coefficient (Wildman–Crippen LogP) is 3.30. The number of piperidine rings is 1. The van der Waals surface area contributed by atoms with Gasteiger partial charge in [0.25, 0.3) is 5.91 Å². The van der Waals surface area contributed by atoms with Crippen molar-refractivity contribution in [3.8, 4) is 0 Å². The van der Waals surface area contributed by atoms with Crippen LogP contribution in [0.4, 0.5) is 0 Å². The summed E-state index contributed by atoms with van der Waals surface area (Å²) in [6, 6.07) is 7.55. The summed E-state index contributed by atoms with van der Waals surface area (Å²) in [7, 11) is 1.39. The van der Waals surface area contributed by atoms with E-state index in [9.17, 15) is 9.59 Å². The molecular weight excluding hydrogens is 400 g/mol. The van der Waals surface area contributed by atoms with Crippen LogP contribution in [-0.2, 0) is 14.3 Å². The highest BCUT2D eigenvalue weighted by Crippen LogP contribution is 2.29. The van der Waals surface area contributed by atoms with Crippen LogP contribution in [0.15, 0.2) is 29.2 Å². The molecule has 1 amide bonds. The Morgan fingerprint density at radius 1 is 1.17 bits per heavy atom. The Kier molecular flexibility index (Phi) is 8.20. The molecule has 0 N–H and O–H groups in total. The van der Waals surface area contributed by atoms with Gasteiger partial charge in [0, 0.05) is 37.6 Å². The third-order valence-electron chi connectivity index (χ3n) is 5.87. The van der Waals surface area contributed by atoms with Crippen LogP contribution in [0.3, 0.4) is 0 Å². The summed E-state index contributed by atoms with van der Waals surface area (Å²) in [5.41, 5.74) is 0.674. The van der Waals surface area contributed by atoms with Crippen molar-refractivity contribution in [1.29, 1.82) is 0 Å². The van der Waals surface area contributed by atoms with Crippen molar-refractivity contribution in [3.63, 3.8) is 0 Å². The lowest BCUT2D eigenvalue weighted by Gasteiger charge is -2.39. The van der Waals surface area contributed by atoms with E-state index in [-0.39, 0.29) is 29.3 Å². The van der Waals surface area contributed by atoms with Gasteiger partial charge in [-0.15, -0.1) is 11.8 Å². The second-order valence-corrected chi connectivity index (χ2v) is 9.87. The Morgan fingerprint density at radius 3 is 2.43 bits per heavy atom. The minimum atomic E-state index is -0.354. The first-order valence-corrected chi connectivity index (χ1v) is 11.8. The number of methoxy groups -OCH3 is 1. The van der Waals surface area contributed by atoms with E-state index in [1.54, 1.807) is 6.92 Å². The number of likely N-dealkylation sites (tertiary alicyclic amines) is 1. The smallest absolute Gasteiger partial charge is 0.318 e. The number of amides is 1. The summed E-state index contributed by atoms with van der Waals surface area (Å²) in [6.45, 7) is 10.7. The van der Waals surface area contributed by atoms with E-state index in [2.05, 4.69) is 18.7 Å². The lowest BCUT2D eigenvalue weighted by Crippen LogP contribution is -2.48. The second kappa shape index (κ2) is 10.6. The fourth-order valence-electron chi connectivity index (χ4n) is 4.44. The number of morpholine rings is 1. The zero-order chi connectivity index (χ0) is 21.7. The van der Waals surface area contributed by atoms with Crippen LogP contribution >= 0.6 is 11.8 Å². The summed E-state index contributed by atoms with van der Waals surface area (Å²) in [5.74, 6) is 0.396. The summed E-state index contributed by atoms with van der Waals surface area (Å²) in [4.78, 5) is 30.3. The number of hydrogen-bond acceptors (Lipinski definition) is 6. The average Bonchev–Trinajstić information content (AvgIpc) is 2.73. The molecule has 30 heavy (non-hydrogen) atoms. The molecule has 0 aliphatic carbocycles. The largest absolute Gasteiger partial charge is 0.468 e. The van der Waals surface area contributed by atoms with E-state index in [1.165, 1.54) is 18.9 Å². The van der Waals surface area contributed by atoms with Gasteiger partial charge < -0.3 is 14.4 Å². The van der Waals surface area contributed by atoms with Crippen molar-refractivity contribution in [2.75, 3.05) is 39.8 Å². The van der Waals surface area contributed by atoms with Gasteiger partial charge in [0.2, 0.25) is 0 Å². The number of thioether (sulfide) groups is 1. The second-order valence-electron chi connectivity index (χ2n) is 8.49. The van der Waals surface area contributed by atoms with Gasteiger partial charge in [-0.1, -0.05) is 12.1 Å². The third kappa shape index (κ3) is 5.99. The Labute approximate surface area is 184 Å². The molecule has 7 heteroatoms. The molecule has 166 valence electrons. The minimum Gasteiger partial charge on any atom is -0.468 e. The predicted molar refractivity (Wildman–Crippen MR) is 119 cm³/mol.